The van der Waals surface area contributed by atoms with Crippen LogP contribution in [0.5, 0.6) is 0 Å². The molecule has 13 heavy (non-hydrogen) atoms. The summed E-state index contributed by atoms with van der Waals surface area (Å²) in [6.45, 7) is 1.23. The van der Waals surface area contributed by atoms with Gasteiger partial charge in [-0.2, -0.15) is 4.89 Å². The van der Waals surface area contributed by atoms with Gasteiger partial charge in [0.1, 0.15) is 0 Å². The molecule has 0 heterocycles. The van der Waals surface area contributed by atoms with E-state index in [1.54, 1.807) is 0 Å². The molecule has 0 aromatic carbocycles. The summed E-state index contributed by atoms with van der Waals surface area (Å²) in [5.41, 5.74) is 0. The van der Waals surface area contributed by atoms with E-state index in [0.717, 1.165) is 19.3 Å². The Morgan fingerprint density at radius 1 is 1.31 bits per heavy atom. The molecule has 5 heteroatoms. The molecule has 1 fully saturated rings. The van der Waals surface area contributed by atoms with E-state index in [4.69, 9.17) is 10.1 Å². The van der Waals surface area contributed by atoms with Crippen molar-refractivity contribution < 1.29 is 24.7 Å². The van der Waals surface area contributed by atoms with Crippen molar-refractivity contribution in [3.8, 4) is 0 Å². The van der Waals surface area contributed by atoms with E-state index in [-0.39, 0.29) is 0 Å². The molecular formula is C8H14O5. The topological polar surface area (TPSA) is 65.0 Å². The molecule has 0 saturated heterocycles. The molecule has 0 atom stereocenters. The highest BCUT2D eigenvalue weighted by Gasteiger charge is 2.37. The quantitative estimate of drug-likeness (QED) is 0.416. The van der Waals surface area contributed by atoms with Crippen LogP contribution in [0.25, 0.3) is 0 Å². The fraction of sp³-hybridized carbons (Fsp3) is 0.875. The van der Waals surface area contributed by atoms with Crippen LogP contribution in [0, 0.1) is 0 Å². The monoisotopic (exact) mass is 190 g/mol. The van der Waals surface area contributed by atoms with Crippen LogP contribution in [-0.2, 0) is 19.5 Å². The van der Waals surface area contributed by atoms with Crippen molar-refractivity contribution in [1.82, 2.24) is 0 Å². The smallest absolute Gasteiger partial charge is 0.296 e. The van der Waals surface area contributed by atoms with Crippen molar-refractivity contribution >= 4 is 5.97 Å². The van der Waals surface area contributed by atoms with Crippen LogP contribution in [0.1, 0.15) is 39.0 Å². The van der Waals surface area contributed by atoms with Gasteiger partial charge in [0.2, 0.25) is 5.79 Å². The second-order valence-electron chi connectivity index (χ2n) is 3.22. The minimum atomic E-state index is -1.13. The summed E-state index contributed by atoms with van der Waals surface area (Å²) in [6.07, 6.45) is 3.94. The van der Waals surface area contributed by atoms with Gasteiger partial charge in [-0.25, -0.2) is 10.1 Å². The lowest BCUT2D eigenvalue weighted by Crippen LogP contribution is -2.37. The maximum absolute atomic E-state index is 10.5. The van der Waals surface area contributed by atoms with E-state index in [9.17, 15) is 4.79 Å². The van der Waals surface area contributed by atoms with Gasteiger partial charge >= 0.3 is 5.97 Å². The Hall–Kier alpha value is -0.650. The Morgan fingerprint density at radius 2 is 1.92 bits per heavy atom. The van der Waals surface area contributed by atoms with Crippen molar-refractivity contribution in [3.63, 3.8) is 0 Å². The van der Waals surface area contributed by atoms with Gasteiger partial charge < -0.3 is 0 Å². The Kier molecular flexibility index (Phi) is 3.65. The van der Waals surface area contributed by atoms with E-state index in [0.29, 0.717) is 12.8 Å². The van der Waals surface area contributed by atoms with Crippen LogP contribution in [0.2, 0.25) is 0 Å². The minimum absolute atomic E-state index is 0.538. The first kappa shape index (κ1) is 10.4. The minimum Gasteiger partial charge on any atom is -0.296 e. The number of hydrogen-bond donors (Lipinski definition) is 1. The van der Waals surface area contributed by atoms with E-state index < -0.39 is 11.8 Å². The second-order valence-corrected chi connectivity index (χ2v) is 3.22. The van der Waals surface area contributed by atoms with Crippen molar-refractivity contribution in [3.05, 3.63) is 0 Å². The molecule has 1 saturated carbocycles. The SMILES string of the molecule is CC(=O)OOC1(OO)CCCCC1. The average Bonchev–Trinajstić information content (AvgIpc) is 2.16. The molecule has 1 N–H and O–H groups in total. The molecule has 0 aromatic rings. The summed E-state index contributed by atoms with van der Waals surface area (Å²) in [6, 6.07) is 0. The molecule has 0 aromatic heterocycles. The summed E-state index contributed by atoms with van der Waals surface area (Å²) in [7, 11) is 0. The van der Waals surface area contributed by atoms with E-state index in [1.165, 1.54) is 6.92 Å². The number of rotatable bonds is 3. The maximum Gasteiger partial charge on any atom is 0.339 e. The van der Waals surface area contributed by atoms with Crippen LogP contribution in [-0.4, -0.2) is 17.0 Å². The summed E-state index contributed by atoms with van der Waals surface area (Å²) >= 11 is 0. The largest absolute Gasteiger partial charge is 0.339 e. The van der Waals surface area contributed by atoms with Gasteiger partial charge in [-0.3, -0.25) is 4.89 Å². The van der Waals surface area contributed by atoms with E-state index in [2.05, 4.69) is 9.78 Å². The Labute approximate surface area is 76.4 Å². The van der Waals surface area contributed by atoms with Crippen LogP contribution >= 0.6 is 0 Å². The van der Waals surface area contributed by atoms with E-state index in [1.807, 2.05) is 0 Å². The molecule has 0 unspecified atom stereocenters. The third-order valence-corrected chi connectivity index (χ3v) is 2.09. The third kappa shape index (κ3) is 2.95. The first-order valence-electron chi connectivity index (χ1n) is 4.37. The second kappa shape index (κ2) is 4.55. The van der Waals surface area contributed by atoms with Gasteiger partial charge in [0.25, 0.3) is 0 Å². The molecule has 1 rings (SSSR count). The Balaban J connectivity index is 2.42. The molecule has 5 nitrogen and oxygen atoms in total. The molecular weight excluding hydrogens is 176 g/mol. The van der Waals surface area contributed by atoms with Gasteiger partial charge in [0, 0.05) is 19.8 Å². The fourth-order valence-corrected chi connectivity index (χ4v) is 1.41. The zero-order chi connectivity index (χ0) is 9.73. The predicted octanol–water partition coefficient (Wildman–Crippen LogP) is 1.63. The first-order chi connectivity index (χ1) is 6.18. The average molecular weight is 190 g/mol. The third-order valence-electron chi connectivity index (χ3n) is 2.09. The number of carbonyl (C=O) groups is 1. The lowest BCUT2D eigenvalue weighted by molar-refractivity contribution is -0.489. The summed E-state index contributed by atoms with van der Waals surface area (Å²) in [5.74, 6) is -1.69. The van der Waals surface area contributed by atoms with E-state index >= 15 is 0 Å². The van der Waals surface area contributed by atoms with Gasteiger partial charge in [-0.15, -0.1) is 4.89 Å². The van der Waals surface area contributed by atoms with Crippen molar-refractivity contribution in [1.29, 1.82) is 0 Å². The molecule has 0 spiro atoms. The van der Waals surface area contributed by atoms with Crippen molar-refractivity contribution in [2.45, 2.75) is 44.8 Å². The Bertz CT molecular complexity index is 173. The lowest BCUT2D eigenvalue weighted by atomic mass is 9.94. The zero-order valence-corrected chi connectivity index (χ0v) is 7.62. The predicted molar refractivity (Wildman–Crippen MR) is 42.4 cm³/mol. The molecule has 0 amide bonds. The highest BCUT2D eigenvalue weighted by atomic mass is 17.3. The van der Waals surface area contributed by atoms with Gasteiger partial charge in [0.15, 0.2) is 0 Å². The molecule has 76 valence electrons. The molecule has 0 radical (unpaired) electrons. The number of hydrogen-bond acceptors (Lipinski definition) is 5. The molecule has 0 aliphatic heterocycles. The standard InChI is InChI=1S/C8H14O5/c1-7(9)11-13-8(12-10)5-3-2-4-6-8/h10H,2-6H2,1H3. The fourth-order valence-electron chi connectivity index (χ4n) is 1.41. The molecule has 1 aliphatic rings. The van der Waals surface area contributed by atoms with Crippen molar-refractivity contribution in [2.75, 3.05) is 0 Å². The highest BCUT2D eigenvalue weighted by Crippen LogP contribution is 2.32. The van der Waals surface area contributed by atoms with Crippen LogP contribution < -0.4 is 0 Å². The number of carbonyl (C=O) groups excluding carboxylic acids is 1. The van der Waals surface area contributed by atoms with Crippen LogP contribution in [0.4, 0.5) is 0 Å². The van der Waals surface area contributed by atoms with Gasteiger partial charge in [0.05, 0.1) is 0 Å². The van der Waals surface area contributed by atoms with Crippen LogP contribution in [0.3, 0.4) is 0 Å². The maximum atomic E-state index is 10.5. The molecule has 0 bridgehead atoms. The highest BCUT2D eigenvalue weighted by molar-refractivity contribution is 5.65. The summed E-state index contributed by atoms with van der Waals surface area (Å²) < 4.78 is 0. The Morgan fingerprint density at radius 3 is 2.38 bits per heavy atom. The lowest BCUT2D eigenvalue weighted by Gasteiger charge is -2.30. The van der Waals surface area contributed by atoms with Crippen LogP contribution in [0.15, 0.2) is 0 Å². The summed E-state index contributed by atoms with van der Waals surface area (Å²) in [5, 5.41) is 8.64. The zero-order valence-electron chi connectivity index (χ0n) is 7.62. The summed E-state index contributed by atoms with van der Waals surface area (Å²) in [4.78, 5) is 23.8. The normalized spacial score (nSPS) is 21.1. The van der Waals surface area contributed by atoms with Gasteiger partial charge in [-0.1, -0.05) is 6.42 Å². The van der Waals surface area contributed by atoms with Gasteiger partial charge in [-0.05, 0) is 12.8 Å². The van der Waals surface area contributed by atoms with Crippen molar-refractivity contribution in [2.24, 2.45) is 0 Å². The first-order valence-corrected chi connectivity index (χ1v) is 4.37. The molecule has 1 aliphatic carbocycles.